The van der Waals surface area contributed by atoms with E-state index in [0.29, 0.717) is 45.4 Å². The molecule has 3 rings (SSSR count). The van der Waals surface area contributed by atoms with Gasteiger partial charge in [-0.05, 0) is 28.8 Å². The van der Waals surface area contributed by atoms with E-state index < -0.39 is 10.0 Å². The maximum Gasteiger partial charge on any atom is 0.229 e. The van der Waals surface area contributed by atoms with Gasteiger partial charge in [-0.3, -0.25) is 19.4 Å². The Morgan fingerprint density at radius 3 is 2.32 bits per heavy atom. The van der Waals surface area contributed by atoms with Gasteiger partial charge in [-0.1, -0.05) is 0 Å². The molecule has 3 heterocycles. The van der Waals surface area contributed by atoms with Crippen molar-refractivity contribution in [3.8, 4) is 0 Å². The summed E-state index contributed by atoms with van der Waals surface area (Å²) in [5.41, 5.74) is 1.25. The second-order valence-corrected chi connectivity index (χ2v) is 9.28. The van der Waals surface area contributed by atoms with Crippen LogP contribution in [-0.4, -0.2) is 72.8 Å². The summed E-state index contributed by atoms with van der Waals surface area (Å²) in [5, 5.41) is 4.15. The number of nitrogens with zero attached hydrogens (tertiary/aromatic N) is 3. The monoisotopic (exact) mass is 385 g/mol. The van der Waals surface area contributed by atoms with Crippen molar-refractivity contribution in [2.24, 2.45) is 0 Å². The molecule has 0 atom stereocenters. The molecule has 25 heavy (non-hydrogen) atoms. The number of carbonyl (C=O) groups is 2. The van der Waals surface area contributed by atoms with E-state index in [1.54, 1.807) is 11.3 Å². The number of likely N-dealkylation sites (tertiary alicyclic amines) is 1. The molecule has 9 heteroatoms. The highest BCUT2D eigenvalue weighted by atomic mass is 32.2. The molecule has 2 aliphatic heterocycles. The van der Waals surface area contributed by atoms with Crippen LogP contribution in [0.5, 0.6) is 0 Å². The predicted octanol–water partition coefficient (Wildman–Crippen LogP) is 0.735. The number of hydrogen-bond acceptors (Lipinski definition) is 6. The second-order valence-electron chi connectivity index (χ2n) is 6.42. The Labute approximate surface area is 152 Å². The standard InChI is InChI=1S/C16H23N3O4S2/c20-15-2-1-3-16(21)19(15)9-11-25(22,23)18-7-5-17(6-8-18)12-14-4-10-24-13-14/h4,10,13H,1-3,5-9,11-12H2. The van der Waals surface area contributed by atoms with Crippen LogP contribution in [0.4, 0.5) is 0 Å². The van der Waals surface area contributed by atoms with Gasteiger partial charge in [-0.25, -0.2) is 8.42 Å². The molecular weight excluding hydrogens is 362 g/mol. The van der Waals surface area contributed by atoms with Crippen molar-refractivity contribution >= 4 is 33.2 Å². The number of piperazine rings is 1. The van der Waals surface area contributed by atoms with Gasteiger partial charge in [0.05, 0.1) is 5.75 Å². The number of rotatable bonds is 6. The zero-order valence-electron chi connectivity index (χ0n) is 14.1. The largest absolute Gasteiger partial charge is 0.296 e. The molecule has 0 aliphatic carbocycles. The molecule has 2 aliphatic rings. The first-order valence-corrected chi connectivity index (χ1v) is 11.1. The van der Waals surface area contributed by atoms with Crippen LogP contribution < -0.4 is 0 Å². The number of carbonyl (C=O) groups excluding carboxylic acids is 2. The number of thiophene rings is 1. The Morgan fingerprint density at radius 1 is 1.04 bits per heavy atom. The van der Waals surface area contributed by atoms with Crippen molar-refractivity contribution in [1.82, 2.24) is 14.1 Å². The third-order valence-electron chi connectivity index (χ3n) is 4.67. The molecule has 0 unspecified atom stereocenters. The zero-order valence-corrected chi connectivity index (χ0v) is 15.7. The molecule has 0 radical (unpaired) electrons. The van der Waals surface area contributed by atoms with Gasteiger partial charge < -0.3 is 0 Å². The van der Waals surface area contributed by atoms with Gasteiger partial charge in [-0.2, -0.15) is 15.6 Å². The van der Waals surface area contributed by atoms with Crippen molar-refractivity contribution in [1.29, 1.82) is 0 Å². The van der Waals surface area contributed by atoms with E-state index in [0.717, 1.165) is 11.4 Å². The number of hydrogen-bond donors (Lipinski definition) is 0. The van der Waals surface area contributed by atoms with Crippen LogP contribution in [0.25, 0.3) is 0 Å². The summed E-state index contributed by atoms with van der Waals surface area (Å²) in [7, 11) is -3.45. The molecule has 2 amide bonds. The Morgan fingerprint density at radius 2 is 1.72 bits per heavy atom. The van der Waals surface area contributed by atoms with Crippen LogP contribution in [0.1, 0.15) is 24.8 Å². The Hall–Kier alpha value is -1.29. The van der Waals surface area contributed by atoms with E-state index in [2.05, 4.69) is 16.3 Å². The minimum Gasteiger partial charge on any atom is -0.296 e. The van der Waals surface area contributed by atoms with Gasteiger partial charge in [0.1, 0.15) is 0 Å². The van der Waals surface area contributed by atoms with Crippen molar-refractivity contribution < 1.29 is 18.0 Å². The molecule has 2 saturated heterocycles. The maximum absolute atomic E-state index is 12.5. The van der Waals surface area contributed by atoms with Crippen LogP contribution in [0.2, 0.25) is 0 Å². The fourth-order valence-corrected chi connectivity index (χ4v) is 5.24. The molecular formula is C16H23N3O4S2. The van der Waals surface area contributed by atoms with Crippen LogP contribution in [-0.2, 0) is 26.2 Å². The van der Waals surface area contributed by atoms with Crippen LogP contribution in [0.3, 0.4) is 0 Å². The lowest BCUT2D eigenvalue weighted by Crippen LogP contribution is -2.50. The van der Waals surface area contributed by atoms with E-state index in [1.165, 1.54) is 9.87 Å². The second kappa shape index (κ2) is 7.94. The third kappa shape index (κ3) is 4.66. The van der Waals surface area contributed by atoms with Gasteiger partial charge in [0.2, 0.25) is 21.8 Å². The average molecular weight is 386 g/mol. The summed E-state index contributed by atoms with van der Waals surface area (Å²) in [5.74, 6) is -0.700. The highest BCUT2D eigenvalue weighted by Gasteiger charge is 2.31. The van der Waals surface area contributed by atoms with E-state index >= 15 is 0 Å². The highest BCUT2D eigenvalue weighted by molar-refractivity contribution is 7.89. The van der Waals surface area contributed by atoms with Crippen LogP contribution >= 0.6 is 11.3 Å². The number of sulfonamides is 1. The summed E-state index contributed by atoms with van der Waals surface area (Å²) in [6, 6.07) is 2.08. The van der Waals surface area contributed by atoms with E-state index in [1.807, 2.05) is 5.38 Å². The minimum absolute atomic E-state index is 0.0326. The quantitative estimate of drug-likeness (QED) is 0.675. The Bertz CT molecular complexity index is 694. The molecule has 7 nitrogen and oxygen atoms in total. The topological polar surface area (TPSA) is 78.0 Å². The van der Waals surface area contributed by atoms with E-state index in [9.17, 15) is 18.0 Å². The molecule has 0 spiro atoms. The lowest BCUT2D eigenvalue weighted by Gasteiger charge is -2.34. The molecule has 1 aromatic rings. The molecule has 138 valence electrons. The molecule has 0 aromatic carbocycles. The fourth-order valence-electron chi connectivity index (χ4n) is 3.19. The average Bonchev–Trinajstić information content (AvgIpc) is 3.08. The normalized spacial score (nSPS) is 21.0. The smallest absolute Gasteiger partial charge is 0.229 e. The zero-order chi connectivity index (χ0) is 17.9. The van der Waals surface area contributed by atoms with Gasteiger partial charge in [0, 0.05) is 52.1 Å². The van der Waals surface area contributed by atoms with Gasteiger partial charge >= 0.3 is 0 Å². The molecule has 0 bridgehead atoms. The van der Waals surface area contributed by atoms with Crippen molar-refractivity contribution in [3.05, 3.63) is 22.4 Å². The van der Waals surface area contributed by atoms with Crippen LogP contribution in [0, 0.1) is 0 Å². The number of amides is 2. The summed E-state index contributed by atoms with van der Waals surface area (Å²) in [6.45, 7) is 3.10. The molecule has 1 aromatic heterocycles. The summed E-state index contributed by atoms with van der Waals surface area (Å²) >= 11 is 1.66. The number of piperidine rings is 1. The van der Waals surface area contributed by atoms with Gasteiger partial charge in [0.25, 0.3) is 0 Å². The summed E-state index contributed by atoms with van der Waals surface area (Å²) in [6.07, 6.45) is 1.22. The maximum atomic E-state index is 12.5. The SMILES string of the molecule is O=C1CCCC(=O)N1CCS(=O)(=O)N1CCN(Cc2ccsc2)CC1. The van der Waals surface area contributed by atoms with Crippen molar-refractivity contribution in [2.75, 3.05) is 38.5 Å². The first-order chi connectivity index (χ1) is 12.0. The Kier molecular flexibility index (Phi) is 5.88. The minimum atomic E-state index is -3.45. The fraction of sp³-hybridized carbons (Fsp3) is 0.625. The summed E-state index contributed by atoms with van der Waals surface area (Å²) in [4.78, 5) is 26.9. The molecule has 0 saturated carbocycles. The van der Waals surface area contributed by atoms with Crippen LogP contribution in [0.15, 0.2) is 16.8 Å². The highest BCUT2D eigenvalue weighted by Crippen LogP contribution is 2.15. The van der Waals surface area contributed by atoms with Gasteiger partial charge in [0.15, 0.2) is 0 Å². The van der Waals surface area contributed by atoms with Gasteiger partial charge in [-0.15, -0.1) is 0 Å². The molecule has 0 N–H and O–H groups in total. The first-order valence-electron chi connectivity index (χ1n) is 8.50. The van der Waals surface area contributed by atoms with Crippen molar-refractivity contribution in [2.45, 2.75) is 25.8 Å². The Balaban J connectivity index is 1.49. The third-order valence-corrected chi connectivity index (χ3v) is 7.25. The lowest BCUT2D eigenvalue weighted by molar-refractivity contribution is -0.147. The van der Waals surface area contributed by atoms with E-state index in [4.69, 9.17) is 0 Å². The first kappa shape index (κ1) is 18.5. The van der Waals surface area contributed by atoms with Crippen molar-refractivity contribution in [3.63, 3.8) is 0 Å². The summed E-state index contributed by atoms with van der Waals surface area (Å²) < 4.78 is 26.5. The number of imide groups is 1. The van der Waals surface area contributed by atoms with E-state index in [-0.39, 0.29) is 24.1 Å². The molecule has 2 fully saturated rings. The lowest BCUT2D eigenvalue weighted by atomic mass is 10.1. The predicted molar refractivity (Wildman–Crippen MR) is 95.5 cm³/mol.